The molecule has 10 heteroatoms. The molecule has 0 aliphatic carbocycles. The van der Waals surface area contributed by atoms with Gasteiger partial charge in [0.1, 0.15) is 17.1 Å². The molecule has 1 saturated heterocycles. The fourth-order valence-corrected chi connectivity index (χ4v) is 3.22. The zero-order valence-electron chi connectivity index (χ0n) is 18.5. The predicted molar refractivity (Wildman–Crippen MR) is 108 cm³/mol. The molecule has 31 heavy (non-hydrogen) atoms. The number of nitrogens with zero attached hydrogens (tertiary/aromatic N) is 1. The molecule has 1 aliphatic heterocycles. The van der Waals surface area contributed by atoms with Gasteiger partial charge in [-0.3, -0.25) is 9.69 Å². The average molecular weight is 446 g/mol. The van der Waals surface area contributed by atoms with Gasteiger partial charge in [-0.1, -0.05) is 0 Å². The monoisotopic (exact) mass is 446 g/mol. The van der Waals surface area contributed by atoms with Crippen molar-refractivity contribution in [3.63, 3.8) is 0 Å². The highest BCUT2D eigenvalue weighted by atomic mass is 19.4. The Morgan fingerprint density at radius 3 is 2.29 bits per heavy atom. The molecule has 174 valence electrons. The summed E-state index contributed by atoms with van der Waals surface area (Å²) in [5.41, 5.74) is -1.50. The smallest absolute Gasteiger partial charge is 0.425 e. The van der Waals surface area contributed by atoms with E-state index in [1.54, 1.807) is 34.6 Å². The Hall–Kier alpha value is -2.49. The molecule has 1 heterocycles. The van der Waals surface area contributed by atoms with E-state index in [1.807, 2.05) is 0 Å². The number of rotatable bonds is 5. The van der Waals surface area contributed by atoms with E-state index in [2.05, 4.69) is 5.32 Å². The van der Waals surface area contributed by atoms with Gasteiger partial charge >= 0.3 is 12.3 Å². The Morgan fingerprint density at radius 2 is 1.81 bits per heavy atom. The van der Waals surface area contributed by atoms with Crippen LogP contribution in [0.1, 0.15) is 48.0 Å². The number of anilines is 1. The Morgan fingerprint density at radius 1 is 1.23 bits per heavy atom. The molecular weight excluding hydrogens is 417 g/mol. The fourth-order valence-electron chi connectivity index (χ4n) is 3.22. The summed E-state index contributed by atoms with van der Waals surface area (Å²) >= 11 is 0. The van der Waals surface area contributed by atoms with Gasteiger partial charge in [0.05, 0.1) is 12.6 Å². The largest absolute Gasteiger partial charge is 0.481 e. The van der Waals surface area contributed by atoms with E-state index in [0.29, 0.717) is 5.69 Å². The molecule has 7 nitrogen and oxygen atoms in total. The summed E-state index contributed by atoms with van der Waals surface area (Å²) in [6.07, 6.45) is -8.13. The van der Waals surface area contributed by atoms with Gasteiger partial charge in [0.15, 0.2) is 6.10 Å². The zero-order valence-corrected chi connectivity index (χ0v) is 18.5. The number of nitrogens with one attached hydrogen (secondary N) is 1. The summed E-state index contributed by atoms with van der Waals surface area (Å²) in [7, 11) is 0. The molecule has 2 atom stereocenters. The van der Waals surface area contributed by atoms with E-state index in [1.165, 1.54) is 36.1 Å². The lowest BCUT2D eigenvalue weighted by Gasteiger charge is -2.36. The normalized spacial score (nSPS) is 19.6. The lowest BCUT2D eigenvalue weighted by Crippen LogP contribution is -2.52. The number of hydrogen-bond acceptors (Lipinski definition) is 5. The molecule has 1 aliphatic rings. The van der Waals surface area contributed by atoms with Crippen LogP contribution >= 0.6 is 0 Å². The summed E-state index contributed by atoms with van der Waals surface area (Å²) in [6, 6.07) is 4.67. The van der Waals surface area contributed by atoms with Crippen molar-refractivity contribution in [2.45, 2.75) is 77.6 Å². The Labute approximate surface area is 179 Å². The van der Waals surface area contributed by atoms with Crippen LogP contribution in [0.25, 0.3) is 0 Å². The topological polar surface area (TPSA) is 77.1 Å². The van der Waals surface area contributed by atoms with Crippen molar-refractivity contribution < 1.29 is 37.0 Å². The minimum Gasteiger partial charge on any atom is -0.481 e. The van der Waals surface area contributed by atoms with Crippen LogP contribution in [0, 0.1) is 0 Å². The highest BCUT2D eigenvalue weighted by Crippen LogP contribution is 2.36. The van der Waals surface area contributed by atoms with Crippen molar-refractivity contribution in [3.8, 4) is 5.75 Å². The SMILES string of the molecule is CC(=O)Nc1ccc(O[C@H](C[C@H]2COC(C)(C)N2C(=O)OC(C)(C)C)C(F)(F)F)cc1. The van der Waals surface area contributed by atoms with Crippen molar-refractivity contribution in [2.24, 2.45) is 0 Å². The summed E-state index contributed by atoms with van der Waals surface area (Å²) in [6.45, 7) is 9.47. The lowest BCUT2D eigenvalue weighted by atomic mass is 10.1. The van der Waals surface area contributed by atoms with Crippen molar-refractivity contribution in [2.75, 3.05) is 11.9 Å². The van der Waals surface area contributed by atoms with Crippen LogP contribution in [0.4, 0.5) is 23.7 Å². The van der Waals surface area contributed by atoms with Crippen LogP contribution in [0.2, 0.25) is 0 Å². The third kappa shape index (κ3) is 7.02. The van der Waals surface area contributed by atoms with Crippen molar-refractivity contribution in [1.29, 1.82) is 0 Å². The summed E-state index contributed by atoms with van der Waals surface area (Å²) in [4.78, 5) is 24.9. The molecule has 0 saturated carbocycles. The molecule has 0 radical (unpaired) electrons. The first-order valence-corrected chi connectivity index (χ1v) is 9.86. The maximum absolute atomic E-state index is 13.7. The average Bonchev–Trinajstić information content (AvgIpc) is 2.87. The van der Waals surface area contributed by atoms with Crippen molar-refractivity contribution in [1.82, 2.24) is 4.90 Å². The first kappa shape index (κ1) is 24.8. The van der Waals surface area contributed by atoms with Gasteiger partial charge in [0.2, 0.25) is 5.91 Å². The first-order valence-electron chi connectivity index (χ1n) is 9.86. The number of carbonyl (C=O) groups is 2. The van der Waals surface area contributed by atoms with Crippen LogP contribution in [-0.2, 0) is 14.3 Å². The Balaban J connectivity index is 2.19. The Bertz CT molecular complexity index is 788. The summed E-state index contributed by atoms with van der Waals surface area (Å²) in [5.74, 6) is -0.314. The second kappa shape index (κ2) is 8.94. The third-order valence-electron chi connectivity index (χ3n) is 4.47. The molecular formula is C21H29F3N2O5. The van der Waals surface area contributed by atoms with E-state index in [4.69, 9.17) is 14.2 Å². The van der Waals surface area contributed by atoms with Crippen LogP contribution in [0.3, 0.4) is 0 Å². The second-order valence-corrected chi connectivity index (χ2v) is 8.85. The fraction of sp³-hybridized carbons (Fsp3) is 0.619. The second-order valence-electron chi connectivity index (χ2n) is 8.85. The highest BCUT2D eigenvalue weighted by molar-refractivity contribution is 5.88. The molecule has 0 spiro atoms. The minimum absolute atomic E-state index is 0.0154. The van der Waals surface area contributed by atoms with E-state index in [0.717, 1.165) is 0 Å². The lowest BCUT2D eigenvalue weighted by molar-refractivity contribution is -0.199. The van der Waals surface area contributed by atoms with E-state index in [-0.39, 0.29) is 18.3 Å². The van der Waals surface area contributed by atoms with Crippen LogP contribution in [-0.4, -0.2) is 53.2 Å². The van der Waals surface area contributed by atoms with Gasteiger partial charge in [0, 0.05) is 19.0 Å². The Kier molecular flexibility index (Phi) is 7.14. The van der Waals surface area contributed by atoms with Crippen molar-refractivity contribution >= 4 is 17.7 Å². The first-order chi connectivity index (χ1) is 14.1. The molecule has 1 N–H and O–H groups in total. The third-order valence-corrected chi connectivity index (χ3v) is 4.47. The molecule has 1 aromatic rings. The number of benzene rings is 1. The number of carbonyl (C=O) groups excluding carboxylic acids is 2. The highest BCUT2D eigenvalue weighted by Gasteiger charge is 2.51. The number of amides is 2. The molecule has 1 fully saturated rings. The number of halogens is 3. The maximum atomic E-state index is 13.7. The van der Waals surface area contributed by atoms with E-state index < -0.39 is 42.2 Å². The van der Waals surface area contributed by atoms with Crippen LogP contribution < -0.4 is 10.1 Å². The van der Waals surface area contributed by atoms with Crippen LogP contribution in [0.15, 0.2) is 24.3 Å². The van der Waals surface area contributed by atoms with Gasteiger partial charge in [-0.15, -0.1) is 0 Å². The number of alkyl halides is 3. The zero-order chi connectivity index (χ0) is 23.6. The number of hydrogen-bond donors (Lipinski definition) is 1. The number of ether oxygens (including phenoxy) is 3. The van der Waals surface area contributed by atoms with E-state index in [9.17, 15) is 22.8 Å². The van der Waals surface area contributed by atoms with Gasteiger partial charge in [-0.2, -0.15) is 13.2 Å². The van der Waals surface area contributed by atoms with Gasteiger partial charge in [0.25, 0.3) is 0 Å². The molecule has 0 unspecified atom stereocenters. The quantitative estimate of drug-likeness (QED) is 0.709. The molecule has 1 aromatic carbocycles. The van der Waals surface area contributed by atoms with Gasteiger partial charge < -0.3 is 19.5 Å². The van der Waals surface area contributed by atoms with Gasteiger partial charge in [-0.25, -0.2) is 4.79 Å². The van der Waals surface area contributed by atoms with Gasteiger partial charge in [-0.05, 0) is 58.9 Å². The summed E-state index contributed by atoms with van der Waals surface area (Å²) in [5, 5.41) is 2.53. The molecule has 2 rings (SSSR count). The van der Waals surface area contributed by atoms with Crippen molar-refractivity contribution in [3.05, 3.63) is 24.3 Å². The maximum Gasteiger partial charge on any atom is 0.425 e. The summed E-state index contributed by atoms with van der Waals surface area (Å²) < 4.78 is 57.4. The minimum atomic E-state index is -4.68. The molecule has 0 aromatic heterocycles. The predicted octanol–water partition coefficient (Wildman–Crippen LogP) is 4.72. The standard InChI is InChI=1S/C21H29F3N2O5/c1-13(27)25-14-7-9-16(10-8-14)30-17(21(22,23)24)11-15-12-29-20(5,6)26(15)18(28)31-19(2,3)4/h7-10,15,17H,11-12H2,1-6H3,(H,25,27)/t15-,17+/m0/s1. The van der Waals surface area contributed by atoms with E-state index >= 15 is 0 Å². The molecule has 2 amide bonds. The molecule has 0 bridgehead atoms. The van der Waals surface area contributed by atoms with Crippen LogP contribution in [0.5, 0.6) is 5.75 Å².